The van der Waals surface area contributed by atoms with Crippen molar-refractivity contribution in [1.82, 2.24) is 0 Å². The normalized spacial score (nSPS) is 11.4. The molecule has 0 heterocycles. The fourth-order valence-corrected chi connectivity index (χ4v) is 2.69. The second-order valence-electron chi connectivity index (χ2n) is 3.71. The van der Waals surface area contributed by atoms with Gasteiger partial charge >= 0.3 is 0 Å². The maximum atomic E-state index is 13.3. The first-order chi connectivity index (χ1) is 7.24. The molecule has 86 valence electrons. The fourth-order valence-electron chi connectivity index (χ4n) is 1.23. The Hall–Kier alpha value is -1.35. The van der Waals surface area contributed by atoms with Crippen molar-refractivity contribution >= 4 is 13.3 Å². The van der Waals surface area contributed by atoms with Gasteiger partial charge in [-0.25, -0.2) is 22.0 Å². The van der Waals surface area contributed by atoms with E-state index in [1.165, 1.54) is 13.1 Å². The molecule has 0 aliphatic heterocycles. The highest BCUT2D eigenvalue weighted by Gasteiger charge is 2.35. The molecule has 0 radical (unpaired) electrons. The predicted molar refractivity (Wildman–Crippen MR) is 52.2 cm³/mol. The van der Waals surface area contributed by atoms with E-state index in [-0.39, 0.29) is 0 Å². The largest absolute Gasteiger partial charge is 0.204 e. The summed E-state index contributed by atoms with van der Waals surface area (Å²) in [5, 5.41) is -0.855. The monoisotopic (exact) mass is 250 g/mol. The number of rotatable bonds is 1. The van der Waals surface area contributed by atoms with Gasteiger partial charge in [-0.2, -0.15) is 0 Å². The first-order valence-corrected chi connectivity index (χ1v) is 7.23. The highest BCUT2D eigenvalue weighted by Crippen LogP contribution is 2.19. The molecular weight excluding hydrogens is 243 g/mol. The Morgan fingerprint density at radius 1 is 0.812 bits per heavy atom. The van der Waals surface area contributed by atoms with Crippen molar-refractivity contribution in [3.8, 4) is 12.0 Å². The summed E-state index contributed by atoms with van der Waals surface area (Å²) in [5.74, 6) is -9.73. The van der Waals surface area contributed by atoms with E-state index in [2.05, 4.69) is 5.54 Å². The maximum absolute atomic E-state index is 13.3. The molecule has 0 unspecified atom stereocenters. The first-order valence-electron chi connectivity index (χ1n) is 4.23. The highest BCUT2D eigenvalue weighted by molar-refractivity contribution is 6.96. The van der Waals surface area contributed by atoms with Crippen LogP contribution in [0.2, 0.25) is 13.1 Å². The molecule has 16 heavy (non-hydrogen) atoms. The van der Waals surface area contributed by atoms with Gasteiger partial charge in [0.05, 0.1) is 0 Å². The molecule has 0 atom stereocenters. The van der Waals surface area contributed by atoms with Gasteiger partial charge in [-0.05, 0) is 0 Å². The number of hydrogen-bond acceptors (Lipinski definition) is 0. The summed E-state index contributed by atoms with van der Waals surface area (Å²) in [6.07, 6.45) is 5.05. The third-order valence-corrected chi connectivity index (χ3v) is 4.61. The van der Waals surface area contributed by atoms with Gasteiger partial charge in [0.25, 0.3) is 0 Å². The van der Waals surface area contributed by atoms with Crippen LogP contribution in [0.5, 0.6) is 0 Å². The van der Waals surface area contributed by atoms with E-state index in [1.54, 1.807) is 0 Å². The van der Waals surface area contributed by atoms with E-state index in [0.717, 1.165) is 0 Å². The van der Waals surface area contributed by atoms with E-state index in [4.69, 9.17) is 6.42 Å². The van der Waals surface area contributed by atoms with Crippen molar-refractivity contribution in [2.24, 2.45) is 0 Å². The van der Waals surface area contributed by atoms with Gasteiger partial charge in [0.1, 0.15) is 0 Å². The summed E-state index contributed by atoms with van der Waals surface area (Å²) in [6, 6.07) is 0. The lowest BCUT2D eigenvalue weighted by Crippen LogP contribution is -2.46. The number of terminal acetylenes is 1. The van der Waals surface area contributed by atoms with Crippen LogP contribution < -0.4 is 5.19 Å². The Kier molecular flexibility index (Phi) is 3.10. The third kappa shape index (κ3) is 1.71. The van der Waals surface area contributed by atoms with Gasteiger partial charge in [0, 0.05) is 5.19 Å². The molecule has 0 bridgehead atoms. The van der Waals surface area contributed by atoms with Gasteiger partial charge < -0.3 is 0 Å². The van der Waals surface area contributed by atoms with Crippen molar-refractivity contribution in [2.45, 2.75) is 13.1 Å². The van der Waals surface area contributed by atoms with Gasteiger partial charge in [-0.1, -0.05) is 13.1 Å². The summed E-state index contributed by atoms with van der Waals surface area (Å²) in [7, 11) is -3.10. The zero-order valence-corrected chi connectivity index (χ0v) is 9.47. The zero-order valence-electron chi connectivity index (χ0n) is 8.47. The van der Waals surface area contributed by atoms with E-state index in [0.29, 0.717) is 0 Å². The molecule has 0 saturated heterocycles. The first kappa shape index (κ1) is 12.7. The molecule has 0 aliphatic carbocycles. The predicted octanol–water partition coefficient (Wildman–Crippen LogP) is 2.47. The minimum Gasteiger partial charge on any atom is -0.204 e. The van der Waals surface area contributed by atoms with Crippen LogP contribution >= 0.6 is 0 Å². The van der Waals surface area contributed by atoms with E-state index < -0.39 is 42.3 Å². The molecule has 0 aromatic heterocycles. The smallest absolute Gasteiger partial charge is 0.200 e. The molecule has 0 saturated carbocycles. The second kappa shape index (κ2) is 3.90. The molecule has 0 spiro atoms. The second-order valence-corrected chi connectivity index (χ2v) is 7.75. The number of halogens is 5. The van der Waals surface area contributed by atoms with E-state index in [1.807, 2.05) is 0 Å². The van der Waals surface area contributed by atoms with Crippen molar-refractivity contribution in [2.75, 3.05) is 0 Å². The van der Waals surface area contributed by atoms with Gasteiger partial charge in [-0.3, -0.25) is 0 Å². The summed E-state index contributed by atoms with van der Waals surface area (Å²) >= 11 is 0. The van der Waals surface area contributed by atoms with Gasteiger partial charge in [0.15, 0.2) is 31.3 Å². The summed E-state index contributed by atoms with van der Waals surface area (Å²) < 4.78 is 65.1. The molecular formula is C10H7F5Si. The number of hydrogen-bond donors (Lipinski definition) is 0. The average Bonchev–Trinajstić information content (AvgIpc) is 2.23. The number of benzene rings is 1. The Morgan fingerprint density at radius 3 is 1.44 bits per heavy atom. The quantitative estimate of drug-likeness (QED) is 0.236. The van der Waals surface area contributed by atoms with Crippen LogP contribution in [0, 0.1) is 41.1 Å². The van der Waals surface area contributed by atoms with Crippen LogP contribution in [-0.4, -0.2) is 8.07 Å². The van der Waals surface area contributed by atoms with Gasteiger partial charge in [-0.15, -0.1) is 12.0 Å². The zero-order chi connectivity index (χ0) is 12.7. The minimum absolute atomic E-state index is 0.855. The van der Waals surface area contributed by atoms with Crippen LogP contribution in [0.1, 0.15) is 0 Å². The summed E-state index contributed by atoms with van der Waals surface area (Å²) in [5.41, 5.74) is 2.12. The van der Waals surface area contributed by atoms with Crippen LogP contribution in [0.3, 0.4) is 0 Å². The Balaban J connectivity index is 3.73. The van der Waals surface area contributed by atoms with E-state index in [9.17, 15) is 22.0 Å². The third-order valence-electron chi connectivity index (χ3n) is 2.20. The van der Waals surface area contributed by atoms with Crippen molar-refractivity contribution in [3.63, 3.8) is 0 Å². The lowest BCUT2D eigenvalue weighted by molar-refractivity contribution is 0.384. The minimum atomic E-state index is -3.10. The maximum Gasteiger partial charge on any atom is 0.200 e. The molecule has 1 rings (SSSR count). The van der Waals surface area contributed by atoms with Crippen molar-refractivity contribution in [1.29, 1.82) is 0 Å². The van der Waals surface area contributed by atoms with Crippen LogP contribution in [-0.2, 0) is 0 Å². The molecule has 0 aliphatic rings. The molecule has 6 heteroatoms. The molecule has 1 aromatic carbocycles. The lowest BCUT2D eigenvalue weighted by Gasteiger charge is -2.17. The average molecular weight is 250 g/mol. The summed E-state index contributed by atoms with van der Waals surface area (Å²) in [4.78, 5) is 0. The lowest BCUT2D eigenvalue weighted by atomic mass is 10.3. The summed E-state index contributed by atoms with van der Waals surface area (Å²) in [6.45, 7) is 2.65. The van der Waals surface area contributed by atoms with E-state index >= 15 is 0 Å². The van der Waals surface area contributed by atoms with Crippen LogP contribution in [0.4, 0.5) is 22.0 Å². The van der Waals surface area contributed by atoms with Crippen molar-refractivity contribution in [3.05, 3.63) is 29.1 Å². The van der Waals surface area contributed by atoms with Gasteiger partial charge in [0.2, 0.25) is 5.82 Å². The molecule has 0 nitrogen and oxygen atoms in total. The Morgan fingerprint density at radius 2 is 1.12 bits per heavy atom. The Labute approximate surface area is 90.1 Å². The molecule has 1 aromatic rings. The SMILES string of the molecule is C#C[Si](C)(C)c1c(F)c(F)c(F)c(F)c1F. The Bertz CT molecular complexity index is 458. The van der Waals surface area contributed by atoms with Crippen LogP contribution in [0.15, 0.2) is 0 Å². The van der Waals surface area contributed by atoms with Crippen LogP contribution in [0.25, 0.3) is 0 Å². The molecule has 0 N–H and O–H groups in total. The molecule has 0 fully saturated rings. The standard InChI is InChI=1S/C10H7F5Si/c1-4-16(2,3)10-8(14)6(12)5(11)7(13)9(10)15/h1H,2-3H3. The topological polar surface area (TPSA) is 0 Å². The fraction of sp³-hybridized carbons (Fsp3) is 0.200. The highest BCUT2D eigenvalue weighted by atomic mass is 28.3. The molecule has 0 amide bonds. The van der Waals surface area contributed by atoms with Crippen molar-refractivity contribution < 1.29 is 22.0 Å².